The average Bonchev–Trinajstić information content (AvgIpc) is 3.17. The summed E-state index contributed by atoms with van der Waals surface area (Å²) in [7, 11) is 1.33. The molecule has 1 aliphatic carbocycles. The molecule has 2 aromatic carbocycles. The van der Waals surface area contributed by atoms with Crippen LogP contribution in [0.5, 0.6) is 5.75 Å². The minimum atomic E-state index is -0.508. The number of esters is 1. The van der Waals surface area contributed by atoms with Gasteiger partial charge < -0.3 is 19.7 Å². The van der Waals surface area contributed by atoms with Crippen molar-refractivity contribution in [3.63, 3.8) is 0 Å². The van der Waals surface area contributed by atoms with E-state index in [0.29, 0.717) is 22.6 Å². The first-order valence-corrected chi connectivity index (χ1v) is 12.8. The van der Waals surface area contributed by atoms with Crippen LogP contribution in [0.3, 0.4) is 0 Å². The van der Waals surface area contributed by atoms with Gasteiger partial charge in [0.25, 0.3) is 11.8 Å². The third-order valence-electron chi connectivity index (χ3n) is 7.01. The maximum atomic E-state index is 13.4. The van der Waals surface area contributed by atoms with Crippen molar-refractivity contribution >= 4 is 23.9 Å². The molecule has 7 heteroatoms. The number of benzene rings is 2. The standard InChI is InChI=1S/C30H34N2O5/c1-20(23-10-6-4-7-11-23)31-27(33)19-37-25-16-14-22(15-17-25)18-26-28(30(35)36-3)21(2)32(29(26)34)24-12-8-5-9-13-24/h4,6-7,10-11,14-18,20,24H,5,8-9,12-13,19H2,1-3H3,(H,31,33)/b26-18-/t20-/m1/s1. The molecule has 0 spiro atoms. The highest BCUT2D eigenvalue weighted by molar-refractivity contribution is 6.16. The van der Waals surface area contributed by atoms with Crippen LogP contribution in [0.4, 0.5) is 0 Å². The maximum absolute atomic E-state index is 13.4. The summed E-state index contributed by atoms with van der Waals surface area (Å²) in [4.78, 5) is 40.1. The normalized spacial score (nSPS) is 18.2. The van der Waals surface area contributed by atoms with Crippen molar-refractivity contribution in [1.29, 1.82) is 0 Å². The minimum absolute atomic E-state index is 0.110. The number of carbonyl (C=O) groups is 3. The van der Waals surface area contributed by atoms with Crippen LogP contribution >= 0.6 is 0 Å². The molecule has 1 fully saturated rings. The lowest BCUT2D eigenvalue weighted by Gasteiger charge is -2.32. The second kappa shape index (κ2) is 11.9. The molecule has 2 aromatic rings. The number of ether oxygens (including phenoxy) is 2. The third kappa shape index (κ3) is 6.10. The van der Waals surface area contributed by atoms with E-state index >= 15 is 0 Å². The molecule has 0 radical (unpaired) electrons. The van der Waals surface area contributed by atoms with Crippen LogP contribution in [-0.2, 0) is 19.1 Å². The summed E-state index contributed by atoms with van der Waals surface area (Å²) in [6.07, 6.45) is 6.94. The largest absolute Gasteiger partial charge is 0.484 e. The molecular formula is C30H34N2O5. The van der Waals surface area contributed by atoms with E-state index in [9.17, 15) is 14.4 Å². The van der Waals surface area contributed by atoms with E-state index in [1.807, 2.05) is 44.2 Å². The summed E-state index contributed by atoms with van der Waals surface area (Å²) < 4.78 is 10.7. The number of methoxy groups -OCH3 is 1. The van der Waals surface area contributed by atoms with E-state index in [2.05, 4.69) is 5.32 Å². The van der Waals surface area contributed by atoms with Crippen molar-refractivity contribution in [3.05, 3.63) is 82.6 Å². The first kappa shape index (κ1) is 26.2. The molecule has 37 heavy (non-hydrogen) atoms. The molecule has 2 aliphatic rings. The maximum Gasteiger partial charge on any atom is 0.340 e. The summed E-state index contributed by atoms with van der Waals surface area (Å²) in [5, 5.41) is 2.92. The third-order valence-corrected chi connectivity index (χ3v) is 7.01. The van der Waals surface area contributed by atoms with Gasteiger partial charge >= 0.3 is 5.97 Å². The van der Waals surface area contributed by atoms with Gasteiger partial charge in [-0.1, -0.05) is 61.7 Å². The van der Waals surface area contributed by atoms with E-state index in [1.165, 1.54) is 13.5 Å². The van der Waals surface area contributed by atoms with Gasteiger partial charge in [-0.25, -0.2) is 4.79 Å². The van der Waals surface area contributed by atoms with Crippen molar-refractivity contribution in [2.75, 3.05) is 13.7 Å². The number of allylic oxidation sites excluding steroid dienone is 1. The van der Waals surface area contributed by atoms with Gasteiger partial charge in [-0.15, -0.1) is 0 Å². The lowest BCUT2D eigenvalue weighted by molar-refractivity contribution is -0.136. The zero-order valence-corrected chi connectivity index (χ0v) is 21.7. The van der Waals surface area contributed by atoms with Crippen molar-refractivity contribution in [2.24, 2.45) is 0 Å². The van der Waals surface area contributed by atoms with E-state index in [1.54, 1.807) is 35.2 Å². The van der Waals surface area contributed by atoms with Gasteiger partial charge in [0.15, 0.2) is 6.61 Å². The molecule has 7 nitrogen and oxygen atoms in total. The number of nitrogens with one attached hydrogen (secondary N) is 1. The minimum Gasteiger partial charge on any atom is -0.484 e. The molecule has 4 rings (SSSR count). The first-order chi connectivity index (χ1) is 17.9. The van der Waals surface area contributed by atoms with Crippen molar-refractivity contribution in [3.8, 4) is 5.75 Å². The summed E-state index contributed by atoms with van der Waals surface area (Å²) in [5.74, 6) is -0.350. The van der Waals surface area contributed by atoms with Gasteiger partial charge in [0.2, 0.25) is 0 Å². The number of hydrogen-bond donors (Lipinski definition) is 1. The molecule has 1 aliphatic heterocycles. The predicted molar refractivity (Wildman–Crippen MR) is 141 cm³/mol. The Hall–Kier alpha value is -3.87. The molecule has 2 amide bonds. The average molecular weight is 503 g/mol. The molecule has 1 saturated carbocycles. The summed E-state index contributed by atoms with van der Waals surface area (Å²) in [6.45, 7) is 3.63. The van der Waals surface area contributed by atoms with Crippen LogP contribution in [0.2, 0.25) is 0 Å². The zero-order chi connectivity index (χ0) is 26.4. The molecule has 0 aromatic heterocycles. The van der Waals surface area contributed by atoms with E-state index in [-0.39, 0.29) is 30.5 Å². The highest BCUT2D eigenvalue weighted by Crippen LogP contribution is 2.37. The fourth-order valence-corrected chi connectivity index (χ4v) is 5.06. The molecule has 0 saturated heterocycles. The second-order valence-electron chi connectivity index (χ2n) is 9.53. The smallest absolute Gasteiger partial charge is 0.340 e. The molecular weight excluding hydrogens is 468 g/mol. The van der Waals surface area contributed by atoms with Crippen LogP contribution in [0.15, 0.2) is 71.4 Å². The van der Waals surface area contributed by atoms with Gasteiger partial charge in [0.05, 0.1) is 24.3 Å². The Morgan fingerprint density at radius 1 is 1.05 bits per heavy atom. The number of hydrogen-bond acceptors (Lipinski definition) is 5. The number of nitrogens with zero attached hydrogens (tertiary/aromatic N) is 1. The molecule has 194 valence electrons. The number of rotatable bonds is 8. The number of amides is 2. The van der Waals surface area contributed by atoms with E-state index in [0.717, 1.165) is 36.8 Å². The molecule has 0 bridgehead atoms. The zero-order valence-electron chi connectivity index (χ0n) is 21.7. The second-order valence-corrected chi connectivity index (χ2v) is 9.53. The topological polar surface area (TPSA) is 84.9 Å². The number of carbonyl (C=O) groups excluding carboxylic acids is 3. The predicted octanol–water partition coefficient (Wildman–Crippen LogP) is 4.95. The van der Waals surface area contributed by atoms with Gasteiger partial charge in [0, 0.05) is 11.7 Å². The van der Waals surface area contributed by atoms with Crippen LogP contribution in [0.1, 0.15) is 63.1 Å². The first-order valence-electron chi connectivity index (χ1n) is 12.8. The van der Waals surface area contributed by atoms with Gasteiger partial charge in [-0.05, 0) is 56.0 Å². The highest BCUT2D eigenvalue weighted by Gasteiger charge is 2.40. The summed E-state index contributed by atoms with van der Waals surface area (Å²) in [5.41, 5.74) is 3.09. The van der Waals surface area contributed by atoms with Crippen LogP contribution in [0.25, 0.3) is 6.08 Å². The Balaban J connectivity index is 1.43. The summed E-state index contributed by atoms with van der Waals surface area (Å²) >= 11 is 0. The van der Waals surface area contributed by atoms with Gasteiger partial charge in [0.1, 0.15) is 5.75 Å². The Labute approximate surface area is 218 Å². The summed E-state index contributed by atoms with van der Waals surface area (Å²) in [6, 6.07) is 16.8. The molecule has 1 N–H and O–H groups in total. The fourth-order valence-electron chi connectivity index (χ4n) is 5.06. The van der Waals surface area contributed by atoms with Gasteiger partial charge in [-0.3, -0.25) is 9.59 Å². The van der Waals surface area contributed by atoms with Crippen LogP contribution in [0, 0.1) is 0 Å². The monoisotopic (exact) mass is 502 g/mol. The SMILES string of the molecule is COC(=O)C1=C(C)N(C2CCCCC2)C(=O)/C1=C\c1ccc(OCC(=O)N[C@H](C)c2ccccc2)cc1. The molecule has 1 atom stereocenters. The Morgan fingerprint density at radius 3 is 2.38 bits per heavy atom. The Kier molecular flexibility index (Phi) is 8.43. The van der Waals surface area contributed by atoms with Crippen LogP contribution < -0.4 is 10.1 Å². The van der Waals surface area contributed by atoms with E-state index < -0.39 is 5.97 Å². The molecule has 1 heterocycles. The van der Waals surface area contributed by atoms with E-state index in [4.69, 9.17) is 9.47 Å². The molecule has 0 unspecified atom stereocenters. The Morgan fingerprint density at radius 2 is 1.73 bits per heavy atom. The van der Waals surface area contributed by atoms with Gasteiger partial charge in [-0.2, -0.15) is 0 Å². The van der Waals surface area contributed by atoms with Crippen molar-refractivity contribution in [1.82, 2.24) is 10.2 Å². The highest BCUT2D eigenvalue weighted by atomic mass is 16.5. The fraction of sp³-hybridized carbons (Fsp3) is 0.367. The Bertz CT molecular complexity index is 1190. The van der Waals surface area contributed by atoms with Crippen LogP contribution in [-0.4, -0.2) is 42.4 Å². The van der Waals surface area contributed by atoms with Crippen molar-refractivity contribution < 1.29 is 23.9 Å². The lowest BCUT2D eigenvalue weighted by atomic mass is 9.94. The quantitative estimate of drug-likeness (QED) is 0.408. The lowest BCUT2D eigenvalue weighted by Crippen LogP contribution is -2.37. The van der Waals surface area contributed by atoms with Crippen molar-refractivity contribution in [2.45, 2.75) is 58.0 Å².